The van der Waals surface area contributed by atoms with Crippen LogP contribution in [0, 0.1) is 11.6 Å². The summed E-state index contributed by atoms with van der Waals surface area (Å²) in [4.78, 5) is 28.9. The Morgan fingerprint density at radius 2 is 1.83 bits per heavy atom. The normalized spacial score (nSPS) is 15.5. The largest absolute Gasteiger partial charge is 0.465 e. The van der Waals surface area contributed by atoms with Gasteiger partial charge in [-0.05, 0) is 37.3 Å². The molecule has 1 aliphatic rings. The number of amides is 1. The standard InChI is InChI=1S/C22H21F2N3O6S2/c1-2-33-19(28)13-27-20-17(24)11-15(23)12-18(20)34-22(27)25-21(29)14-3-5-16(6-4-14)35(30,31)26-7-9-32-10-8-26/h3-6,11-12H,2,7-10,13H2,1H3. The van der Waals surface area contributed by atoms with Crippen LogP contribution in [0.5, 0.6) is 0 Å². The molecule has 9 nitrogen and oxygen atoms in total. The summed E-state index contributed by atoms with van der Waals surface area (Å²) in [5.74, 6) is -3.14. The molecule has 35 heavy (non-hydrogen) atoms. The first-order valence-electron chi connectivity index (χ1n) is 10.6. The van der Waals surface area contributed by atoms with Gasteiger partial charge in [0.2, 0.25) is 10.0 Å². The molecule has 0 saturated carbocycles. The molecule has 1 fully saturated rings. The molecule has 0 atom stereocenters. The molecule has 13 heteroatoms. The Morgan fingerprint density at radius 3 is 2.49 bits per heavy atom. The first-order chi connectivity index (χ1) is 16.7. The van der Waals surface area contributed by atoms with E-state index in [1.54, 1.807) is 6.92 Å². The van der Waals surface area contributed by atoms with Gasteiger partial charge in [-0.3, -0.25) is 9.59 Å². The fraction of sp³-hybridized carbons (Fsp3) is 0.318. The minimum absolute atomic E-state index is 0.0210. The van der Waals surface area contributed by atoms with Gasteiger partial charge in [0.15, 0.2) is 10.6 Å². The van der Waals surface area contributed by atoms with Gasteiger partial charge >= 0.3 is 5.97 Å². The number of carbonyl (C=O) groups is 2. The van der Waals surface area contributed by atoms with Gasteiger partial charge < -0.3 is 14.0 Å². The van der Waals surface area contributed by atoms with E-state index in [9.17, 15) is 26.8 Å². The van der Waals surface area contributed by atoms with Crippen LogP contribution in [0.1, 0.15) is 17.3 Å². The monoisotopic (exact) mass is 525 g/mol. The maximum absolute atomic E-state index is 14.5. The van der Waals surface area contributed by atoms with Gasteiger partial charge in [-0.25, -0.2) is 17.2 Å². The molecule has 0 unspecified atom stereocenters. The van der Waals surface area contributed by atoms with Crippen molar-refractivity contribution in [2.75, 3.05) is 32.9 Å². The summed E-state index contributed by atoms with van der Waals surface area (Å²) in [6.07, 6.45) is 0. The molecule has 4 rings (SSSR count). The summed E-state index contributed by atoms with van der Waals surface area (Å²) < 4.78 is 66.5. The fourth-order valence-corrected chi connectivity index (χ4v) is 6.03. The Hall–Kier alpha value is -3.00. The fourth-order valence-electron chi connectivity index (χ4n) is 3.55. The van der Waals surface area contributed by atoms with E-state index >= 15 is 0 Å². The number of hydrogen-bond donors (Lipinski definition) is 0. The highest BCUT2D eigenvalue weighted by Gasteiger charge is 2.26. The molecule has 0 aliphatic carbocycles. The van der Waals surface area contributed by atoms with Crippen molar-refractivity contribution in [2.45, 2.75) is 18.4 Å². The molecular weight excluding hydrogens is 504 g/mol. The van der Waals surface area contributed by atoms with E-state index in [-0.39, 0.29) is 45.2 Å². The number of aromatic nitrogens is 1. The van der Waals surface area contributed by atoms with E-state index in [1.807, 2.05) is 0 Å². The zero-order valence-corrected chi connectivity index (χ0v) is 20.2. The van der Waals surface area contributed by atoms with Gasteiger partial charge in [0.05, 0.1) is 34.9 Å². The molecule has 0 radical (unpaired) electrons. The van der Waals surface area contributed by atoms with Crippen LogP contribution in [0.4, 0.5) is 8.78 Å². The maximum atomic E-state index is 14.5. The quantitative estimate of drug-likeness (QED) is 0.457. The third-order valence-corrected chi connectivity index (χ3v) is 8.13. The van der Waals surface area contributed by atoms with Crippen LogP contribution in [0.25, 0.3) is 10.2 Å². The zero-order chi connectivity index (χ0) is 25.2. The van der Waals surface area contributed by atoms with Crippen molar-refractivity contribution in [3.63, 3.8) is 0 Å². The SMILES string of the molecule is CCOC(=O)Cn1c(=NC(=O)c2ccc(S(=O)(=O)N3CCOCC3)cc2)sc2cc(F)cc(F)c21. The van der Waals surface area contributed by atoms with Crippen molar-refractivity contribution in [1.29, 1.82) is 0 Å². The van der Waals surface area contributed by atoms with Gasteiger partial charge in [0, 0.05) is 24.7 Å². The summed E-state index contributed by atoms with van der Waals surface area (Å²) in [5.41, 5.74) is 0.000626. The second-order valence-electron chi connectivity index (χ2n) is 7.47. The molecule has 186 valence electrons. The minimum atomic E-state index is -3.73. The van der Waals surface area contributed by atoms with Crippen molar-refractivity contribution in [3.8, 4) is 0 Å². The minimum Gasteiger partial charge on any atom is -0.465 e. The van der Waals surface area contributed by atoms with E-state index in [4.69, 9.17) is 9.47 Å². The highest BCUT2D eigenvalue weighted by Crippen LogP contribution is 2.23. The lowest BCUT2D eigenvalue weighted by molar-refractivity contribution is -0.143. The number of hydrogen-bond acceptors (Lipinski definition) is 7. The molecule has 0 N–H and O–H groups in total. The molecule has 0 spiro atoms. The Labute approximate surface area is 203 Å². The number of ether oxygens (including phenoxy) is 2. The van der Waals surface area contributed by atoms with E-state index in [0.29, 0.717) is 19.3 Å². The van der Waals surface area contributed by atoms with Gasteiger partial charge in [-0.15, -0.1) is 0 Å². The lowest BCUT2D eigenvalue weighted by atomic mass is 10.2. The number of benzene rings is 2. The number of halogens is 2. The van der Waals surface area contributed by atoms with Gasteiger partial charge in [0.1, 0.15) is 12.4 Å². The van der Waals surface area contributed by atoms with Crippen LogP contribution < -0.4 is 4.80 Å². The number of carbonyl (C=O) groups excluding carboxylic acids is 2. The molecule has 2 aromatic carbocycles. The van der Waals surface area contributed by atoms with E-state index in [0.717, 1.165) is 22.0 Å². The van der Waals surface area contributed by atoms with E-state index in [1.165, 1.54) is 28.6 Å². The third kappa shape index (κ3) is 5.32. The summed E-state index contributed by atoms with van der Waals surface area (Å²) in [7, 11) is -3.73. The van der Waals surface area contributed by atoms with Crippen LogP contribution in [-0.4, -0.2) is 62.1 Å². The number of nitrogens with zero attached hydrogens (tertiary/aromatic N) is 3. The second kappa shape index (κ2) is 10.3. The molecule has 1 aliphatic heterocycles. The number of esters is 1. The average molecular weight is 526 g/mol. The number of rotatable bonds is 6. The first kappa shape index (κ1) is 25.1. The molecular formula is C22H21F2N3O6S2. The van der Waals surface area contributed by atoms with Crippen molar-refractivity contribution in [2.24, 2.45) is 4.99 Å². The zero-order valence-electron chi connectivity index (χ0n) is 18.6. The predicted molar refractivity (Wildman–Crippen MR) is 122 cm³/mol. The first-order valence-corrected chi connectivity index (χ1v) is 12.9. The molecule has 1 aromatic heterocycles. The highest BCUT2D eigenvalue weighted by molar-refractivity contribution is 7.89. The third-order valence-electron chi connectivity index (χ3n) is 5.19. The predicted octanol–water partition coefficient (Wildman–Crippen LogP) is 2.31. The van der Waals surface area contributed by atoms with Gasteiger partial charge in [0.25, 0.3) is 5.91 Å². The van der Waals surface area contributed by atoms with Crippen molar-refractivity contribution in [1.82, 2.24) is 8.87 Å². The average Bonchev–Trinajstić information content (AvgIpc) is 3.16. The number of fused-ring (bicyclic) bond motifs is 1. The number of thiazole rings is 1. The highest BCUT2D eigenvalue weighted by atomic mass is 32.2. The second-order valence-corrected chi connectivity index (χ2v) is 10.4. The Bertz CT molecular complexity index is 1440. The number of morpholine rings is 1. The molecule has 3 aromatic rings. The molecule has 2 heterocycles. The van der Waals surface area contributed by atoms with Crippen LogP contribution >= 0.6 is 11.3 Å². The lowest BCUT2D eigenvalue weighted by Gasteiger charge is -2.26. The summed E-state index contributed by atoms with van der Waals surface area (Å²) in [6, 6.07) is 7.01. The van der Waals surface area contributed by atoms with Gasteiger partial charge in [-0.2, -0.15) is 9.30 Å². The van der Waals surface area contributed by atoms with Crippen molar-refractivity contribution < 1.29 is 36.3 Å². The van der Waals surface area contributed by atoms with Crippen LogP contribution in [0.2, 0.25) is 0 Å². The Morgan fingerprint density at radius 1 is 1.14 bits per heavy atom. The molecule has 1 amide bonds. The van der Waals surface area contributed by atoms with E-state index in [2.05, 4.69) is 4.99 Å². The molecule has 1 saturated heterocycles. The van der Waals surface area contributed by atoms with Crippen molar-refractivity contribution >= 4 is 43.5 Å². The summed E-state index contributed by atoms with van der Waals surface area (Å²) in [6.45, 7) is 2.37. The summed E-state index contributed by atoms with van der Waals surface area (Å²) >= 11 is 0.835. The smallest absolute Gasteiger partial charge is 0.326 e. The Balaban J connectivity index is 1.69. The lowest BCUT2D eigenvalue weighted by Crippen LogP contribution is -2.40. The summed E-state index contributed by atoms with van der Waals surface area (Å²) in [5, 5.41) is 0. The van der Waals surface area contributed by atoms with Gasteiger partial charge in [-0.1, -0.05) is 11.3 Å². The Kier molecular flexibility index (Phi) is 7.40. The van der Waals surface area contributed by atoms with Crippen molar-refractivity contribution in [3.05, 3.63) is 58.4 Å². The topological polar surface area (TPSA) is 107 Å². The van der Waals surface area contributed by atoms with Crippen LogP contribution in [0.3, 0.4) is 0 Å². The van der Waals surface area contributed by atoms with Crippen LogP contribution in [0.15, 0.2) is 46.3 Å². The van der Waals surface area contributed by atoms with Crippen LogP contribution in [-0.2, 0) is 30.8 Å². The molecule has 0 bridgehead atoms. The van der Waals surface area contributed by atoms with E-state index < -0.39 is 40.1 Å². The maximum Gasteiger partial charge on any atom is 0.326 e. The number of sulfonamides is 1.